The molecule has 0 atom stereocenters. The quantitative estimate of drug-likeness (QED) is 0.825. The van der Waals surface area contributed by atoms with E-state index < -0.39 is 0 Å². The predicted molar refractivity (Wildman–Crippen MR) is 77.0 cm³/mol. The summed E-state index contributed by atoms with van der Waals surface area (Å²) < 4.78 is 0. The van der Waals surface area contributed by atoms with Crippen LogP contribution in [0.5, 0.6) is 0 Å². The molecule has 0 bridgehead atoms. The second-order valence-corrected chi connectivity index (χ2v) is 4.97. The van der Waals surface area contributed by atoms with Gasteiger partial charge in [0, 0.05) is 26.2 Å². The molecular weight excluding hydrogens is 236 g/mol. The average Bonchev–Trinajstić information content (AvgIpc) is 2.79. The lowest BCUT2D eigenvalue weighted by atomic mass is 10.1. The summed E-state index contributed by atoms with van der Waals surface area (Å²) in [5, 5.41) is 2.48. The average molecular weight is 254 g/mol. The van der Waals surface area contributed by atoms with E-state index in [9.17, 15) is 4.79 Å². The molecule has 1 heterocycles. The van der Waals surface area contributed by atoms with E-state index in [-0.39, 0.29) is 6.03 Å². The fourth-order valence-corrected chi connectivity index (χ4v) is 2.63. The minimum atomic E-state index is 0.163. The van der Waals surface area contributed by atoms with Gasteiger partial charge in [-0.1, -0.05) is 36.4 Å². The van der Waals surface area contributed by atoms with Gasteiger partial charge >= 0.3 is 6.03 Å². The Morgan fingerprint density at radius 1 is 1.00 bits per heavy atom. The van der Waals surface area contributed by atoms with Gasteiger partial charge in [0.2, 0.25) is 0 Å². The van der Waals surface area contributed by atoms with Crippen molar-refractivity contribution in [3.63, 3.8) is 0 Å². The Morgan fingerprint density at radius 3 is 2.47 bits per heavy atom. The summed E-state index contributed by atoms with van der Waals surface area (Å²) in [5.74, 6) is 0. The molecule has 2 aromatic rings. The Hall–Kier alpha value is -2.03. The number of benzene rings is 2. The number of amides is 2. The minimum absolute atomic E-state index is 0.163. The van der Waals surface area contributed by atoms with E-state index >= 15 is 0 Å². The highest BCUT2D eigenvalue weighted by molar-refractivity contribution is 5.83. The van der Waals surface area contributed by atoms with Crippen molar-refractivity contribution < 1.29 is 4.79 Å². The van der Waals surface area contributed by atoms with Gasteiger partial charge in [-0.2, -0.15) is 0 Å². The van der Waals surface area contributed by atoms with E-state index in [4.69, 9.17) is 0 Å². The molecule has 0 saturated carbocycles. The van der Waals surface area contributed by atoms with Crippen LogP contribution >= 0.6 is 0 Å². The van der Waals surface area contributed by atoms with Crippen LogP contribution in [0, 0.1) is 0 Å². The Labute approximate surface area is 113 Å². The van der Waals surface area contributed by atoms with Gasteiger partial charge < -0.3 is 9.80 Å². The lowest BCUT2D eigenvalue weighted by Crippen LogP contribution is -2.31. The zero-order valence-corrected chi connectivity index (χ0v) is 11.2. The third-order valence-electron chi connectivity index (χ3n) is 3.75. The molecule has 2 aromatic carbocycles. The summed E-state index contributed by atoms with van der Waals surface area (Å²) in [6.45, 7) is 5.22. The molecular formula is C16H18N2O. The van der Waals surface area contributed by atoms with E-state index in [0.29, 0.717) is 6.54 Å². The first-order valence-electron chi connectivity index (χ1n) is 6.79. The first kappa shape index (κ1) is 12.0. The zero-order chi connectivity index (χ0) is 13.2. The maximum Gasteiger partial charge on any atom is 0.320 e. The van der Waals surface area contributed by atoms with Crippen LogP contribution in [0.3, 0.4) is 0 Å². The van der Waals surface area contributed by atoms with Gasteiger partial charge in [-0.05, 0) is 29.3 Å². The summed E-state index contributed by atoms with van der Waals surface area (Å²) in [7, 11) is 0. The van der Waals surface area contributed by atoms with Crippen molar-refractivity contribution in [2.75, 3.05) is 19.6 Å². The molecule has 98 valence electrons. The normalized spacial score (nSPS) is 15.5. The summed E-state index contributed by atoms with van der Waals surface area (Å²) in [6, 6.07) is 14.9. The van der Waals surface area contributed by atoms with Crippen molar-refractivity contribution in [1.29, 1.82) is 0 Å². The maximum atomic E-state index is 12.1. The van der Waals surface area contributed by atoms with Crippen LogP contribution < -0.4 is 0 Å². The minimum Gasteiger partial charge on any atom is -0.323 e. The highest BCUT2D eigenvalue weighted by Crippen LogP contribution is 2.18. The summed E-state index contributed by atoms with van der Waals surface area (Å²) in [4.78, 5) is 15.9. The van der Waals surface area contributed by atoms with E-state index in [1.54, 1.807) is 0 Å². The van der Waals surface area contributed by atoms with Crippen LogP contribution in [0.4, 0.5) is 4.79 Å². The molecule has 19 heavy (non-hydrogen) atoms. The second kappa shape index (κ2) is 4.92. The lowest BCUT2D eigenvalue weighted by Gasteiger charge is -2.17. The first-order chi connectivity index (χ1) is 9.28. The van der Waals surface area contributed by atoms with Crippen LogP contribution in [-0.4, -0.2) is 35.5 Å². The zero-order valence-electron chi connectivity index (χ0n) is 11.2. The third-order valence-corrected chi connectivity index (χ3v) is 3.75. The molecule has 0 unspecified atom stereocenters. The maximum absolute atomic E-state index is 12.1. The predicted octanol–water partition coefficient (Wildman–Crippen LogP) is 3.10. The van der Waals surface area contributed by atoms with Crippen LogP contribution in [0.1, 0.15) is 12.5 Å². The molecule has 0 aromatic heterocycles. The van der Waals surface area contributed by atoms with Gasteiger partial charge in [-0.15, -0.1) is 0 Å². The van der Waals surface area contributed by atoms with Gasteiger partial charge in [0.1, 0.15) is 0 Å². The van der Waals surface area contributed by atoms with Gasteiger partial charge in [-0.3, -0.25) is 0 Å². The van der Waals surface area contributed by atoms with E-state index in [0.717, 1.165) is 19.6 Å². The molecule has 3 nitrogen and oxygen atoms in total. The molecule has 1 aliphatic heterocycles. The molecule has 1 saturated heterocycles. The number of hydrogen-bond donors (Lipinski definition) is 0. The largest absolute Gasteiger partial charge is 0.323 e. The Bertz CT molecular complexity index is 608. The smallest absolute Gasteiger partial charge is 0.320 e. The third kappa shape index (κ3) is 2.28. The number of fused-ring (bicyclic) bond motifs is 1. The topological polar surface area (TPSA) is 23.6 Å². The van der Waals surface area contributed by atoms with Crippen LogP contribution in [0.25, 0.3) is 10.8 Å². The number of urea groups is 1. The Balaban J connectivity index is 1.80. The van der Waals surface area contributed by atoms with Crippen molar-refractivity contribution in [3.8, 4) is 0 Å². The fraction of sp³-hybridized carbons (Fsp3) is 0.312. The fourth-order valence-electron chi connectivity index (χ4n) is 2.63. The van der Waals surface area contributed by atoms with Crippen molar-refractivity contribution in [1.82, 2.24) is 9.80 Å². The van der Waals surface area contributed by atoms with Crippen molar-refractivity contribution in [2.24, 2.45) is 0 Å². The molecule has 3 rings (SSSR count). The van der Waals surface area contributed by atoms with Crippen LogP contribution in [-0.2, 0) is 6.54 Å². The summed E-state index contributed by atoms with van der Waals surface area (Å²) >= 11 is 0. The molecule has 0 N–H and O–H groups in total. The monoisotopic (exact) mass is 254 g/mol. The van der Waals surface area contributed by atoms with Crippen LogP contribution in [0.15, 0.2) is 42.5 Å². The first-order valence-corrected chi connectivity index (χ1v) is 6.79. The summed E-state index contributed by atoms with van der Waals surface area (Å²) in [6.07, 6.45) is 0. The number of carbonyl (C=O) groups excluding carboxylic acids is 1. The molecule has 3 heteroatoms. The van der Waals surface area contributed by atoms with Gasteiger partial charge in [-0.25, -0.2) is 4.79 Å². The molecule has 0 aliphatic carbocycles. The van der Waals surface area contributed by atoms with Crippen molar-refractivity contribution in [2.45, 2.75) is 13.5 Å². The SMILES string of the molecule is CCN1CCN(Cc2ccc3ccccc3c2)C1=O. The molecule has 2 amide bonds. The van der Waals surface area contributed by atoms with Crippen LogP contribution in [0.2, 0.25) is 0 Å². The molecule has 1 fully saturated rings. The number of carbonyl (C=O) groups is 1. The standard InChI is InChI=1S/C16H18N2O/c1-2-17-9-10-18(16(17)19)12-13-7-8-14-5-3-4-6-15(14)11-13/h3-8,11H,2,9-10,12H2,1H3. The van der Waals surface area contributed by atoms with E-state index in [1.807, 2.05) is 28.9 Å². The van der Waals surface area contributed by atoms with Crippen molar-refractivity contribution in [3.05, 3.63) is 48.0 Å². The molecule has 1 aliphatic rings. The molecule has 0 radical (unpaired) electrons. The van der Waals surface area contributed by atoms with E-state index in [2.05, 4.69) is 30.3 Å². The van der Waals surface area contributed by atoms with Gasteiger partial charge in [0.05, 0.1) is 0 Å². The molecule has 0 spiro atoms. The lowest BCUT2D eigenvalue weighted by molar-refractivity contribution is 0.192. The van der Waals surface area contributed by atoms with Gasteiger partial charge in [0.15, 0.2) is 0 Å². The number of likely N-dealkylation sites (N-methyl/N-ethyl adjacent to an activating group) is 1. The number of rotatable bonds is 3. The van der Waals surface area contributed by atoms with Crippen molar-refractivity contribution >= 4 is 16.8 Å². The van der Waals surface area contributed by atoms with E-state index in [1.165, 1.54) is 16.3 Å². The Kier molecular flexibility index (Phi) is 3.11. The summed E-state index contributed by atoms with van der Waals surface area (Å²) in [5.41, 5.74) is 1.20. The number of hydrogen-bond acceptors (Lipinski definition) is 1. The highest BCUT2D eigenvalue weighted by Gasteiger charge is 2.26. The van der Waals surface area contributed by atoms with Gasteiger partial charge in [0.25, 0.3) is 0 Å². The number of nitrogens with zero attached hydrogens (tertiary/aromatic N) is 2. The highest BCUT2D eigenvalue weighted by atomic mass is 16.2. The second-order valence-electron chi connectivity index (χ2n) is 4.97. The Morgan fingerprint density at radius 2 is 1.74 bits per heavy atom.